The Morgan fingerprint density at radius 2 is 1.96 bits per heavy atom. The number of anilines is 1. The van der Waals surface area contributed by atoms with Gasteiger partial charge in [0.15, 0.2) is 5.96 Å². The summed E-state index contributed by atoms with van der Waals surface area (Å²) in [5.74, 6) is 0.847. The van der Waals surface area contributed by atoms with Gasteiger partial charge in [-0.1, -0.05) is 25.5 Å². The third kappa shape index (κ3) is 7.95. The van der Waals surface area contributed by atoms with Gasteiger partial charge in [-0.3, -0.25) is 4.79 Å². The summed E-state index contributed by atoms with van der Waals surface area (Å²) < 4.78 is 0. The van der Waals surface area contributed by atoms with Crippen molar-refractivity contribution in [2.24, 2.45) is 10.4 Å². The Bertz CT molecular complexity index is 638. The average molecular weight is 501 g/mol. The lowest BCUT2D eigenvalue weighted by molar-refractivity contribution is -0.116. The minimum absolute atomic E-state index is 0. The topological polar surface area (TPSA) is 68.8 Å². The largest absolute Gasteiger partial charge is 0.357 e. The highest BCUT2D eigenvalue weighted by atomic mass is 127. The molecule has 0 heterocycles. The van der Waals surface area contributed by atoms with Gasteiger partial charge in [0.1, 0.15) is 0 Å². The van der Waals surface area contributed by atoms with Gasteiger partial charge in [0.2, 0.25) is 5.91 Å². The number of halogens is 1. The molecule has 7 heteroatoms. The molecule has 1 saturated carbocycles. The second-order valence-electron chi connectivity index (χ2n) is 7.74. The SMILES string of the molecule is CCNC(=NCc1cccc(NC(=O)CN(C)C)c1)NCC1(CC)CCC1.I. The van der Waals surface area contributed by atoms with Crippen molar-refractivity contribution in [1.82, 2.24) is 15.5 Å². The molecule has 0 bridgehead atoms. The Morgan fingerprint density at radius 3 is 2.54 bits per heavy atom. The van der Waals surface area contributed by atoms with Gasteiger partial charge in [-0.25, -0.2) is 4.99 Å². The Morgan fingerprint density at radius 1 is 1.21 bits per heavy atom. The maximum atomic E-state index is 11.9. The van der Waals surface area contributed by atoms with E-state index in [0.29, 0.717) is 18.5 Å². The zero-order valence-electron chi connectivity index (χ0n) is 17.7. The zero-order chi connectivity index (χ0) is 19.7. The number of hydrogen-bond acceptors (Lipinski definition) is 3. The standard InChI is InChI=1S/C21H35N5O.HI/c1-5-21(11-8-12-21)16-24-20(22-6-2)23-14-17-9-7-10-18(13-17)25-19(27)15-26(3)4;/h7,9-10,13H,5-6,8,11-12,14-16H2,1-4H3,(H,25,27)(H2,22,23,24);1H. The van der Waals surface area contributed by atoms with Crippen LogP contribution in [0.4, 0.5) is 5.69 Å². The molecule has 0 saturated heterocycles. The number of carbonyl (C=O) groups is 1. The van der Waals surface area contributed by atoms with Crippen molar-refractivity contribution in [2.75, 3.05) is 39.0 Å². The van der Waals surface area contributed by atoms with Crippen LogP contribution in [0.25, 0.3) is 0 Å². The summed E-state index contributed by atoms with van der Waals surface area (Å²) in [6.07, 6.45) is 5.18. The fraction of sp³-hybridized carbons (Fsp3) is 0.619. The van der Waals surface area contributed by atoms with Crippen LogP contribution in [0.2, 0.25) is 0 Å². The number of nitrogens with one attached hydrogen (secondary N) is 3. The molecule has 1 aromatic rings. The summed E-state index contributed by atoms with van der Waals surface area (Å²) in [5.41, 5.74) is 2.34. The van der Waals surface area contributed by atoms with Crippen molar-refractivity contribution in [2.45, 2.75) is 46.1 Å². The lowest BCUT2D eigenvalue weighted by Gasteiger charge is -2.41. The molecule has 3 N–H and O–H groups in total. The molecule has 1 amide bonds. The number of carbonyl (C=O) groups excluding carboxylic acids is 1. The number of amides is 1. The van der Waals surface area contributed by atoms with Crippen LogP contribution in [-0.4, -0.2) is 50.5 Å². The van der Waals surface area contributed by atoms with Gasteiger partial charge in [-0.2, -0.15) is 0 Å². The fourth-order valence-corrected chi connectivity index (χ4v) is 3.35. The van der Waals surface area contributed by atoms with E-state index in [4.69, 9.17) is 4.99 Å². The lowest BCUT2D eigenvalue weighted by atomic mass is 9.67. The Balaban J connectivity index is 0.00000392. The van der Waals surface area contributed by atoms with Crippen LogP contribution in [-0.2, 0) is 11.3 Å². The first-order valence-electron chi connectivity index (χ1n) is 10.0. The molecular weight excluding hydrogens is 465 g/mol. The fourth-order valence-electron chi connectivity index (χ4n) is 3.35. The average Bonchev–Trinajstić information content (AvgIpc) is 2.58. The quantitative estimate of drug-likeness (QED) is 0.276. The normalized spacial score (nSPS) is 15.4. The van der Waals surface area contributed by atoms with Crippen LogP contribution in [0.1, 0.15) is 45.1 Å². The summed E-state index contributed by atoms with van der Waals surface area (Å²) in [4.78, 5) is 18.5. The third-order valence-corrected chi connectivity index (χ3v) is 5.23. The van der Waals surface area contributed by atoms with Crippen molar-refractivity contribution < 1.29 is 4.79 Å². The molecule has 6 nitrogen and oxygen atoms in total. The molecule has 1 aliphatic rings. The number of benzene rings is 1. The predicted molar refractivity (Wildman–Crippen MR) is 128 cm³/mol. The molecule has 28 heavy (non-hydrogen) atoms. The number of hydrogen-bond donors (Lipinski definition) is 3. The van der Waals surface area contributed by atoms with Crippen molar-refractivity contribution >= 4 is 41.5 Å². The zero-order valence-corrected chi connectivity index (χ0v) is 20.0. The maximum Gasteiger partial charge on any atom is 0.238 e. The first-order valence-corrected chi connectivity index (χ1v) is 10.0. The Hall–Kier alpha value is -1.35. The Labute approximate surface area is 187 Å². The van der Waals surface area contributed by atoms with Crippen LogP contribution < -0.4 is 16.0 Å². The van der Waals surface area contributed by atoms with Crippen molar-refractivity contribution in [3.63, 3.8) is 0 Å². The van der Waals surface area contributed by atoms with Gasteiger partial charge in [-0.05, 0) is 63.4 Å². The molecule has 0 unspecified atom stereocenters. The highest BCUT2D eigenvalue weighted by molar-refractivity contribution is 14.0. The maximum absolute atomic E-state index is 11.9. The van der Waals surface area contributed by atoms with Gasteiger partial charge < -0.3 is 20.9 Å². The molecule has 1 aromatic carbocycles. The van der Waals surface area contributed by atoms with E-state index in [1.807, 2.05) is 43.3 Å². The summed E-state index contributed by atoms with van der Waals surface area (Å²) in [5, 5.41) is 9.78. The van der Waals surface area contributed by atoms with Crippen LogP contribution in [0.15, 0.2) is 29.3 Å². The Kier molecular flexibility index (Phi) is 10.8. The molecule has 0 aliphatic heterocycles. The second-order valence-corrected chi connectivity index (χ2v) is 7.74. The van der Waals surface area contributed by atoms with Crippen LogP contribution in [0, 0.1) is 5.41 Å². The van der Waals surface area contributed by atoms with E-state index in [0.717, 1.165) is 30.3 Å². The van der Waals surface area contributed by atoms with E-state index in [-0.39, 0.29) is 29.9 Å². The second kappa shape index (κ2) is 12.3. The third-order valence-electron chi connectivity index (χ3n) is 5.23. The summed E-state index contributed by atoms with van der Waals surface area (Å²) in [6.45, 7) is 7.13. The van der Waals surface area contributed by atoms with Crippen molar-refractivity contribution in [3.8, 4) is 0 Å². The predicted octanol–water partition coefficient (Wildman–Crippen LogP) is 3.44. The van der Waals surface area contributed by atoms with Gasteiger partial charge in [0.25, 0.3) is 0 Å². The molecule has 0 atom stereocenters. The van der Waals surface area contributed by atoms with Gasteiger partial charge in [-0.15, -0.1) is 24.0 Å². The molecule has 0 aromatic heterocycles. The molecule has 2 rings (SSSR count). The lowest BCUT2D eigenvalue weighted by Crippen LogP contribution is -2.46. The molecular formula is C21H36IN5O. The first-order chi connectivity index (χ1) is 13.0. The highest BCUT2D eigenvalue weighted by Crippen LogP contribution is 2.42. The van der Waals surface area contributed by atoms with Crippen molar-refractivity contribution in [1.29, 1.82) is 0 Å². The van der Waals surface area contributed by atoms with Crippen LogP contribution in [0.3, 0.4) is 0 Å². The van der Waals surface area contributed by atoms with Crippen LogP contribution >= 0.6 is 24.0 Å². The minimum atomic E-state index is -0.0129. The summed E-state index contributed by atoms with van der Waals surface area (Å²) in [7, 11) is 3.76. The van der Waals surface area contributed by atoms with Crippen LogP contribution in [0.5, 0.6) is 0 Å². The number of aliphatic imine (C=N–C) groups is 1. The molecule has 0 radical (unpaired) electrons. The highest BCUT2D eigenvalue weighted by Gasteiger charge is 2.34. The number of nitrogens with zero attached hydrogens (tertiary/aromatic N) is 2. The van der Waals surface area contributed by atoms with E-state index in [9.17, 15) is 4.79 Å². The van der Waals surface area contributed by atoms with E-state index >= 15 is 0 Å². The van der Waals surface area contributed by atoms with Gasteiger partial charge in [0.05, 0.1) is 13.1 Å². The molecule has 158 valence electrons. The molecule has 0 spiro atoms. The summed E-state index contributed by atoms with van der Waals surface area (Å²) >= 11 is 0. The van der Waals surface area contributed by atoms with Crippen molar-refractivity contribution in [3.05, 3.63) is 29.8 Å². The summed E-state index contributed by atoms with van der Waals surface area (Å²) in [6, 6.07) is 7.89. The smallest absolute Gasteiger partial charge is 0.238 e. The number of likely N-dealkylation sites (N-methyl/N-ethyl adjacent to an activating group) is 1. The molecule has 1 fully saturated rings. The monoisotopic (exact) mass is 501 g/mol. The number of rotatable bonds is 9. The van der Waals surface area contributed by atoms with E-state index in [2.05, 4.69) is 29.8 Å². The number of guanidine groups is 1. The van der Waals surface area contributed by atoms with Gasteiger partial charge in [0, 0.05) is 18.8 Å². The van der Waals surface area contributed by atoms with E-state index < -0.39 is 0 Å². The minimum Gasteiger partial charge on any atom is -0.357 e. The van der Waals surface area contributed by atoms with E-state index in [1.165, 1.54) is 25.7 Å². The first kappa shape index (κ1) is 24.7. The van der Waals surface area contributed by atoms with E-state index in [1.54, 1.807) is 0 Å². The molecule has 1 aliphatic carbocycles. The van der Waals surface area contributed by atoms with Gasteiger partial charge >= 0.3 is 0 Å².